The highest BCUT2D eigenvalue weighted by Gasteiger charge is 1.82. The maximum atomic E-state index is 3.64. The lowest BCUT2D eigenvalue weighted by atomic mass is 10.2. The fourth-order valence-electron chi connectivity index (χ4n) is 0.496. The molecular formula is C7H13N. The van der Waals surface area contributed by atoms with Gasteiger partial charge in [-0.25, -0.2) is 0 Å². The molecule has 0 bridgehead atoms. The molecule has 0 atom stereocenters. The predicted molar refractivity (Wildman–Crippen MR) is 37.9 cm³/mol. The SMILES string of the molecule is C=C/C(=C\C)CNC. The van der Waals surface area contributed by atoms with E-state index in [0.717, 1.165) is 6.54 Å². The van der Waals surface area contributed by atoms with E-state index in [1.165, 1.54) is 5.57 Å². The van der Waals surface area contributed by atoms with Crippen LogP contribution in [0.4, 0.5) is 0 Å². The molecular weight excluding hydrogens is 98.1 g/mol. The van der Waals surface area contributed by atoms with E-state index in [-0.39, 0.29) is 0 Å². The van der Waals surface area contributed by atoms with Gasteiger partial charge in [-0.15, -0.1) is 0 Å². The van der Waals surface area contributed by atoms with Crippen molar-refractivity contribution in [2.45, 2.75) is 6.92 Å². The summed E-state index contributed by atoms with van der Waals surface area (Å²) in [6, 6.07) is 0. The minimum Gasteiger partial charge on any atom is -0.316 e. The van der Waals surface area contributed by atoms with Crippen molar-refractivity contribution in [2.24, 2.45) is 0 Å². The highest BCUT2D eigenvalue weighted by atomic mass is 14.8. The van der Waals surface area contributed by atoms with Gasteiger partial charge in [-0.3, -0.25) is 0 Å². The van der Waals surface area contributed by atoms with Gasteiger partial charge in [-0.2, -0.15) is 0 Å². The predicted octanol–water partition coefficient (Wildman–Crippen LogP) is 1.34. The Morgan fingerprint density at radius 1 is 1.75 bits per heavy atom. The smallest absolute Gasteiger partial charge is 0.0199 e. The maximum Gasteiger partial charge on any atom is 0.0199 e. The van der Waals surface area contributed by atoms with Crippen LogP contribution in [-0.2, 0) is 0 Å². The van der Waals surface area contributed by atoms with Crippen LogP contribution in [0.2, 0.25) is 0 Å². The molecule has 0 rings (SSSR count). The van der Waals surface area contributed by atoms with E-state index in [1.54, 1.807) is 0 Å². The first-order chi connectivity index (χ1) is 3.85. The van der Waals surface area contributed by atoms with Gasteiger partial charge in [0.15, 0.2) is 0 Å². The third-order valence-electron chi connectivity index (χ3n) is 1.01. The Morgan fingerprint density at radius 2 is 2.38 bits per heavy atom. The Kier molecular flexibility index (Phi) is 4.27. The van der Waals surface area contributed by atoms with Crippen molar-refractivity contribution in [2.75, 3.05) is 13.6 Å². The summed E-state index contributed by atoms with van der Waals surface area (Å²) in [5, 5.41) is 3.03. The summed E-state index contributed by atoms with van der Waals surface area (Å²) in [4.78, 5) is 0. The highest BCUT2D eigenvalue weighted by molar-refractivity contribution is 5.16. The molecule has 0 heterocycles. The van der Waals surface area contributed by atoms with Crippen LogP contribution in [0.15, 0.2) is 24.3 Å². The minimum absolute atomic E-state index is 0.917. The van der Waals surface area contributed by atoms with Crippen LogP contribution in [0.5, 0.6) is 0 Å². The molecule has 0 aliphatic carbocycles. The van der Waals surface area contributed by atoms with Crippen molar-refractivity contribution >= 4 is 0 Å². The third-order valence-corrected chi connectivity index (χ3v) is 1.01. The summed E-state index contributed by atoms with van der Waals surface area (Å²) in [5.41, 5.74) is 1.24. The summed E-state index contributed by atoms with van der Waals surface area (Å²) >= 11 is 0. The van der Waals surface area contributed by atoms with Crippen LogP contribution in [-0.4, -0.2) is 13.6 Å². The Balaban J connectivity index is 3.54. The first-order valence-corrected chi connectivity index (χ1v) is 2.77. The molecule has 8 heavy (non-hydrogen) atoms. The second-order valence-corrected chi connectivity index (χ2v) is 1.60. The zero-order valence-electron chi connectivity index (χ0n) is 5.57. The molecule has 1 N–H and O–H groups in total. The molecule has 0 fully saturated rings. The molecule has 0 saturated carbocycles. The standard InChI is InChI=1S/C7H13N/c1-4-7(5-2)6-8-3/h4-5,8H,1,6H2,2-3H3/b7-5+. The van der Waals surface area contributed by atoms with E-state index in [2.05, 4.69) is 11.9 Å². The Morgan fingerprint density at radius 3 is 2.50 bits per heavy atom. The van der Waals surface area contributed by atoms with Gasteiger partial charge in [0.05, 0.1) is 0 Å². The van der Waals surface area contributed by atoms with Crippen molar-refractivity contribution in [3.63, 3.8) is 0 Å². The van der Waals surface area contributed by atoms with Crippen molar-refractivity contribution in [1.82, 2.24) is 5.32 Å². The molecule has 1 nitrogen and oxygen atoms in total. The third kappa shape index (κ3) is 2.59. The van der Waals surface area contributed by atoms with E-state index in [4.69, 9.17) is 0 Å². The van der Waals surface area contributed by atoms with E-state index >= 15 is 0 Å². The molecule has 0 saturated heterocycles. The molecule has 0 aromatic carbocycles. The topological polar surface area (TPSA) is 12.0 Å². The van der Waals surface area contributed by atoms with Crippen LogP contribution in [0.3, 0.4) is 0 Å². The molecule has 46 valence electrons. The highest BCUT2D eigenvalue weighted by Crippen LogP contribution is 1.89. The van der Waals surface area contributed by atoms with Gasteiger partial charge in [0.25, 0.3) is 0 Å². The lowest BCUT2D eigenvalue weighted by Crippen LogP contribution is -2.08. The summed E-state index contributed by atoms with van der Waals surface area (Å²) in [5.74, 6) is 0. The van der Waals surface area contributed by atoms with Crippen molar-refractivity contribution in [3.05, 3.63) is 24.3 Å². The average molecular weight is 111 g/mol. The van der Waals surface area contributed by atoms with Gasteiger partial charge in [0.1, 0.15) is 0 Å². The second kappa shape index (κ2) is 4.60. The molecule has 0 unspecified atom stereocenters. The van der Waals surface area contributed by atoms with Gasteiger partial charge < -0.3 is 5.32 Å². The Hall–Kier alpha value is -0.560. The number of allylic oxidation sites excluding steroid dienone is 1. The monoisotopic (exact) mass is 111 g/mol. The first kappa shape index (κ1) is 7.44. The number of rotatable bonds is 3. The number of nitrogens with one attached hydrogen (secondary N) is 1. The summed E-state index contributed by atoms with van der Waals surface area (Å²) in [6.07, 6.45) is 3.90. The fourth-order valence-corrected chi connectivity index (χ4v) is 0.496. The van der Waals surface area contributed by atoms with Gasteiger partial charge in [-0.05, 0) is 19.5 Å². The summed E-state index contributed by atoms with van der Waals surface area (Å²) < 4.78 is 0. The van der Waals surface area contributed by atoms with Crippen molar-refractivity contribution in [3.8, 4) is 0 Å². The van der Waals surface area contributed by atoms with E-state index < -0.39 is 0 Å². The summed E-state index contributed by atoms with van der Waals surface area (Å²) in [6.45, 7) is 6.57. The Bertz CT molecular complexity index is 92.6. The average Bonchev–Trinajstić information content (AvgIpc) is 1.83. The number of hydrogen-bond acceptors (Lipinski definition) is 1. The van der Waals surface area contributed by atoms with E-state index in [9.17, 15) is 0 Å². The second-order valence-electron chi connectivity index (χ2n) is 1.60. The molecule has 0 radical (unpaired) electrons. The van der Waals surface area contributed by atoms with Gasteiger partial charge in [-0.1, -0.05) is 18.7 Å². The van der Waals surface area contributed by atoms with Crippen LogP contribution in [0.1, 0.15) is 6.92 Å². The van der Waals surface area contributed by atoms with Gasteiger partial charge in [0.2, 0.25) is 0 Å². The van der Waals surface area contributed by atoms with Crippen LogP contribution >= 0.6 is 0 Å². The maximum absolute atomic E-state index is 3.64. The lowest BCUT2D eigenvalue weighted by molar-refractivity contribution is 0.894. The van der Waals surface area contributed by atoms with Gasteiger partial charge in [0, 0.05) is 6.54 Å². The summed E-state index contributed by atoms with van der Waals surface area (Å²) in [7, 11) is 1.92. The molecule has 0 spiro atoms. The number of likely N-dealkylation sites (N-methyl/N-ethyl adjacent to an activating group) is 1. The number of hydrogen-bond donors (Lipinski definition) is 1. The first-order valence-electron chi connectivity index (χ1n) is 2.77. The molecule has 0 amide bonds. The zero-order chi connectivity index (χ0) is 6.41. The van der Waals surface area contributed by atoms with Crippen molar-refractivity contribution in [1.29, 1.82) is 0 Å². The Labute approximate surface area is 51.1 Å². The zero-order valence-corrected chi connectivity index (χ0v) is 5.57. The van der Waals surface area contributed by atoms with Crippen LogP contribution in [0.25, 0.3) is 0 Å². The normalized spacial score (nSPS) is 11.5. The fraction of sp³-hybridized carbons (Fsp3) is 0.429. The molecule has 0 aromatic rings. The van der Waals surface area contributed by atoms with Crippen LogP contribution in [0, 0.1) is 0 Å². The molecule has 0 aromatic heterocycles. The molecule has 1 heteroatoms. The molecule has 0 aliphatic rings. The quantitative estimate of drug-likeness (QED) is 0.542. The van der Waals surface area contributed by atoms with E-state index in [0.29, 0.717) is 0 Å². The lowest BCUT2D eigenvalue weighted by Gasteiger charge is -1.95. The van der Waals surface area contributed by atoms with E-state index in [1.807, 2.05) is 26.1 Å². The van der Waals surface area contributed by atoms with Gasteiger partial charge >= 0.3 is 0 Å². The minimum atomic E-state index is 0.917. The van der Waals surface area contributed by atoms with Crippen molar-refractivity contribution < 1.29 is 0 Å². The van der Waals surface area contributed by atoms with Crippen LogP contribution < -0.4 is 5.32 Å². The largest absolute Gasteiger partial charge is 0.316 e. The molecule has 0 aliphatic heterocycles.